The highest BCUT2D eigenvalue weighted by atomic mass is 16.5. The Balaban J connectivity index is 2.26. The van der Waals surface area contributed by atoms with Crippen LogP contribution in [0, 0.1) is 0 Å². The lowest BCUT2D eigenvalue weighted by Crippen LogP contribution is -2.04. The number of nitrogen functional groups attached to an aromatic ring is 1. The van der Waals surface area contributed by atoms with E-state index in [0.29, 0.717) is 22.9 Å². The largest absolute Gasteiger partial charge is 0.481 e. The number of hydrogen-bond acceptors (Lipinski definition) is 4. The topological polar surface area (TPSA) is 85.4 Å². The normalized spacial score (nSPS) is 10.0. The van der Waals surface area contributed by atoms with Crippen molar-refractivity contribution in [2.45, 2.75) is 6.42 Å². The average molecular weight is 244 g/mol. The SMILES string of the molecule is Nc1c(CC(=O)O)cccc1Oc1ccccn1. The number of carboxylic acid groups (broad SMARTS) is 1. The van der Waals surface area contributed by atoms with Crippen LogP contribution in [0.15, 0.2) is 42.6 Å². The second kappa shape index (κ2) is 5.18. The van der Waals surface area contributed by atoms with E-state index in [9.17, 15) is 4.79 Å². The molecule has 1 aromatic heterocycles. The maximum atomic E-state index is 10.7. The molecule has 0 unspecified atom stereocenters. The van der Waals surface area contributed by atoms with E-state index < -0.39 is 5.97 Å². The van der Waals surface area contributed by atoms with Gasteiger partial charge < -0.3 is 15.6 Å². The van der Waals surface area contributed by atoms with Crippen molar-refractivity contribution in [2.24, 2.45) is 0 Å². The van der Waals surface area contributed by atoms with Gasteiger partial charge in [-0.15, -0.1) is 0 Å². The molecule has 3 N–H and O–H groups in total. The van der Waals surface area contributed by atoms with Gasteiger partial charge in [0, 0.05) is 12.3 Å². The number of aliphatic carboxylic acids is 1. The summed E-state index contributed by atoms with van der Waals surface area (Å²) in [4.78, 5) is 14.7. The van der Waals surface area contributed by atoms with E-state index in [1.54, 1.807) is 42.6 Å². The number of ether oxygens (including phenoxy) is 1. The van der Waals surface area contributed by atoms with E-state index in [-0.39, 0.29) is 6.42 Å². The van der Waals surface area contributed by atoms with Crippen LogP contribution in [0.4, 0.5) is 5.69 Å². The molecule has 0 aliphatic rings. The molecule has 18 heavy (non-hydrogen) atoms. The first kappa shape index (κ1) is 11.9. The predicted octanol–water partition coefficient (Wildman–Crippen LogP) is 2.08. The quantitative estimate of drug-likeness (QED) is 0.804. The van der Waals surface area contributed by atoms with E-state index in [1.807, 2.05) is 0 Å². The Labute approximate surface area is 104 Å². The fraction of sp³-hybridized carbons (Fsp3) is 0.0769. The lowest BCUT2D eigenvalue weighted by molar-refractivity contribution is -0.136. The maximum absolute atomic E-state index is 10.7. The summed E-state index contributed by atoms with van der Waals surface area (Å²) in [6.45, 7) is 0. The van der Waals surface area contributed by atoms with Crippen LogP contribution in [0.5, 0.6) is 11.6 Å². The molecule has 0 saturated carbocycles. The number of carbonyl (C=O) groups is 1. The third-order valence-corrected chi connectivity index (χ3v) is 2.35. The van der Waals surface area contributed by atoms with Crippen molar-refractivity contribution in [2.75, 3.05) is 5.73 Å². The molecule has 2 aromatic rings. The summed E-state index contributed by atoms with van der Waals surface area (Å²) in [5.41, 5.74) is 6.71. The van der Waals surface area contributed by atoms with Crippen molar-refractivity contribution in [1.82, 2.24) is 4.98 Å². The molecule has 0 saturated heterocycles. The number of anilines is 1. The van der Waals surface area contributed by atoms with Gasteiger partial charge in [-0.3, -0.25) is 4.79 Å². The number of rotatable bonds is 4. The van der Waals surface area contributed by atoms with Crippen molar-refractivity contribution < 1.29 is 14.6 Å². The Hall–Kier alpha value is -2.56. The van der Waals surface area contributed by atoms with Gasteiger partial charge in [0.1, 0.15) is 0 Å². The summed E-state index contributed by atoms with van der Waals surface area (Å²) < 4.78 is 5.50. The van der Waals surface area contributed by atoms with Crippen LogP contribution < -0.4 is 10.5 Å². The average Bonchev–Trinajstić information content (AvgIpc) is 2.35. The van der Waals surface area contributed by atoms with Crippen LogP contribution in [0.1, 0.15) is 5.56 Å². The molecule has 0 atom stereocenters. The third kappa shape index (κ3) is 2.76. The second-order valence-electron chi connectivity index (χ2n) is 3.67. The van der Waals surface area contributed by atoms with E-state index in [1.165, 1.54) is 0 Å². The standard InChI is InChI=1S/C13H12N2O3/c14-13-9(8-12(16)17)4-3-5-10(13)18-11-6-1-2-7-15-11/h1-7H,8,14H2,(H,16,17). The zero-order valence-electron chi connectivity index (χ0n) is 9.54. The van der Waals surface area contributed by atoms with Crippen LogP contribution >= 0.6 is 0 Å². The van der Waals surface area contributed by atoms with Gasteiger partial charge in [0.2, 0.25) is 5.88 Å². The first-order valence-corrected chi connectivity index (χ1v) is 5.35. The molecule has 2 rings (SSSR count). The van der Waals surface area contributed by atoms with Gasteiger partial charge in [0.25, 0.3) is 0 Å². The molecule has 0 fully saturated rings. The second-order valence-corrected chi connectivity index (χ2v) is 3.67. The number of hydrogen-bond donors (Lipinski definition) is 2. The first-order chi connectivity index (χ1) is 8.66. The number of aromatic nitrogens is 1. The van der Waals surface area contributed by atoms with Crippen LogP contribution in [0.2, 0.25) is 0 Å². The molecule has 92 valence electrons. The molecule has 0 bridgehead atoms. The molecule has 0 aliphatic heterocycles. The summed E-state index contributed by atoms with van der Waals surface area (Å²) in [7, 11) is 0. The van der Waals surface area contributed by atoms with Crippen LogP contribution in [0.3, 0.4) is 0 Å². The lowest BCUT2D eigenvalue weighted by Gasteiger charge is -2.10. The molecule has 5 nitrogen and oxygen atoms in total. The maximum Gasteiger partial charge on any atom is 0.307 e. The molecule has 5 heteroatoms. The van der Waals surface area contributed by atoms with Crippen LogP contribution in [-0.4, -0.2) is 16.1 Å². The summed E-state index contributed by atoms with van der Waals surface area (Å²) in [5, 5.41) is 8.76. The first-order valence-electron chi connectivity index (χ1n) is 5.35. The summed E-state index contributed by atoms with van der Waals surface area (Å²) >= 11 is 0. The van der Waals surface area contributed by atoms with Gasteiger partial charge in [0.05, 0.1) is 12.1 Å². The van der Waals surface area contributed by atoms with E-state index in [4.69, 9.17) is 15.6 Å². The smallest absolute Gasteiger partial charge is 0.307 e. The van der Waals surface area contributed by atoms with Crippen LogP contribution in [-0.2, 0) is 11.2 Å². The number of para-hydroxylation sites is 1. The number of nitrogens with two attached hydrogens (primary N) is 1. The molecule has 0 radical (unpaired) electrons. The Morgan fingerprint density at radius 1 is 1.28 bits per heavy atom. The van der Waals surface area contributed by atoms with Gasteiger partial charge in [-0.2, -0.15) is 0 Å². The minimum atomic E-state index is -0.934. The van der Waals surface area contributed by atoms with Gasteiger partial charge >= 0.3 is 5.97 Å². The summed E-state index contributed by atoms with van der Waals surface area (Å²) in [6, 6.07) is 10.3. The van der Waals surface area contributed by atoms with Gasteiger partial charge in [0.15, 0.2) is 5.75 Å². The Bertz CT molecular complexity index is 555. The number of benzene rings is 1. The molecule has 1 aromatic carbocycles. The van der Waals surface area contributed by atoms with Crippen LogP contribution in [0.25, 0.3) is 0 Å². The Kier molecular flexibility index (Phi) is 3.43. The fourth-order valence-electron chi connectivity index (χ4n) is 1.52. The highest BCUT2D eigenvalue weighted by Gasteiger charge is 2.10. The van der Waals surface area contributed by atoms with Gasteiger partial charge in [-0.05, 0) is 17.7 Å². The van der Waals surface area contributed by atoms with E-state index >= 15 is 0 Å². The number of carboxylic acids is 1. The highest BCUT2D eigenvalue weighted by molar-refractivity contribution is 5.74. The van der Waals surface area contributed by atoms with E-state index in [0.717, 1.165) is 0 Å². The molecular weight excluding hydrogens is 232 g/mol. The number of pyridine rings is 1. The zero-order valence-corrected chi connectivity index (χ0v) is 9.54. The van der Waals surface area contributed by atoms with Crippen molar-refractivity contribution in [1.29, 1.82) is 0 Å². The molecule has 0 aliphatic carbocycles. The zero-order chi connectivity index (χ0) is 13.0. The Morgan fingerprint density at radius 3 is 2.78 bits per heavy atom. The number of nitrogens with zero attached hydrogens (tertiary/aromatic N) is 1. The van der Waals surface area contributed by atoms with Crippen molar-refractivity contribution in [3.8, 4) is 11.6 Å². The lowest BCUT2D eigenvalue weighted by atomic mass is 10.1. The monoisotopic (exact) mass is 244 g/mol. The van der Waals surface area contributed by atoms with Crippen molar-refractivity contribution >= 4 is 11.7 Å². The van der Waals surface area contributed by atoms with E-state index in [2.05, 4.69) is 4.98 Å². The Morgan fingerprint density at radius 2 is 2.11 bits per heavy atom. The van der Waals surface area contributed by atoms with Gasteiger partial charge in [-0.1, -0.05) is 18.2 Å². The van der Waals surface area contributed by atoms with Gasteiger partial charge in [-0.25, -0.2) is 4.98 Å². The summed E-state index contributed by atoms with van der Waals surface area (Å²) in [6.07, 6.45) is 1.47. The molecule has 1 heterocycles. The molecule has 0 spiro atoms. The third-order valence-electron chi connectivity index (χ3n) is 2.35. The summed E-state index contributed by atoms with van der Waals surface area (Å²) in [5.74, 6) is -0.110. The highest BCUT2D eigenvalue weighted by Crippen LogP contribution is 2.29. The minimum absolute atomic E-state index is 0.134. The van der Waals surface area contributed by atoms with Crippen molar-refractivity contribution in [3.63, 3.8) is 0 Å². The van der Waals surface area contributed by atoms with Crippen molar-refractivity contribution in [3.05, 3.63) is 48.2 Å². The predicted molar refractivity (Wildman–Crippen MR) is 66.5 cm³/mol. The molecule has 0 amide bonds. The fourth-order valence-corrected chi connectivity index (χ4v) is 1.52. The minimum Gasteiger partial charge on any atom is -0.481 e. The molecular formula is C13H12N2O3.